The van der Waals surface area contributed by atoms with Crippen molar-refractivity contribution in [2.75, 3.05) is 24.2 Å². The highest BCUT2D eigenvalue weighted by molar-refractivity contribution is 5.65. The number of fused-ring (bicyclic) bond motifs is 1. The maximum Gasteiger partial charge on any atom is 0.180 e. The fraction of sp³-hybridized carbons (Fsp3) is 0.625. The van der Waals surface area contributed by atoms with Crippen LogP contribution in [0.15, 0.2) is 18.6 Å². The summed E-state index contributed by atoms with van der Waals surface area (Å²) in [7, 11) is 1.88. The van der Waals surface area contributed by atoms with Gasteiger partial charge in [0, 0.05) is 26.0 Å². The number of unbranched alkanes of at least 4 members (excludes halogenated alkanes) is 3. The van der Waals surface area contributed by atoms with Gasteiger partial charge in [-0.05, 0) is 12.3 Å². The van der Waals surface area contributed by atoms with Crippen LogP contribution < -0.4 is 10.6 Å². The Bertz CT molecular complexity index is 547. The largest absolute Gasteiger partial charge is 0.372 e. The first-order valence-corrected chi connectivity index (χ1v) is 7.96. The van der Waals surface area contributed by atoms with E-state index in [1.807, 2.05) is 23.8 Å². The second-order valence-electron chi connectivity index (χ2n) is 5.91. The third-order valence-corrected chi connectivity index (χ3v) is 3.63. The lowest BCUT2D eigenvalue weighted by atomic mass is 10.0. The third-order valence-electron chi connectivity index (χ3n) is 3.63. The Morgan fingerprint density at radius 3 is 2.76 bits per heavy atom. The fourth-order valence-corrected chi connectivity index (χ4v) is 2.41. The molecule has 0 fully saturated rings. The molecule has 21 heavy (non-hydrogen) atoms. The molecule has 0 aliphatic rings. The predicted molar refractivity (Wildman–Crippen MR) is 88.9 cm³/mol. The van der Waals surface area contributed by atoms with E-state index >= 15 is 0 Å². The van der Waals surface area contributed by atoms with Gasteiger partial charge in [0.1, 0.15) is 5.82 Å². The summed E-state index contributed by atoms with van der Waals surface area (Å²) in [5, 5.41) is 6.49. The van der Waals surface area contributed by atoms with Gasteiger partial charge in [-0.25, -0.2) is 9.97 Å². The van der Waals surface area contributed by atoms with E-state index in [2.05, 4.69) is 34.4 Å². The van der Waals surface area contributed by atoms with Crippen molar-refractivity contribution in [1.82, 2.24) is 14.4 Å². The molecule has 0 saturated heterocycles. The smallest absolute Gasteiger partial charge is 0.180 e. The second kappa shape index (κ2) is 7.86. The second-order valence-corrected chi connectivity index (χ2v) is 5.91. The molecule has 0 aromatic carbocycles. The van der Waals surface area contributed by atoms with E-state index in [9.17, 15) is 0 Å². The summed E-state index contributed by atoms with van der Waals surface area (Å²) in [4.78, 5) is 8.90. The molecule has 2 aromatic heterocycles. The Labute approximate surface area is 127 Å². The quantitative estimate of drug-likeness (QED) is 0.690. The van der Waals surface area contributed by atoms with Crippen LogP contribution in [0, 0.1) is 5.92 Å². The van der Waals surface area contributed by atoms with Gasteiger partial charge < -0.3 is 15.0 Å². The first-order valence-electron chi connectivity index (χ1n) is 7.96. The van der Waals surface area contributed by atoms with Gasteiger partial charge in [0.2, 0.25) is 0 Å². The van der Waals surface area contributed by atoms with Crippen LogP contribution in [0.1, 0.15) is 46.0 Å². The molecular weight excluding hydrogens is 262 g/mol. The highest BCUT2D eigenvalue weighted by Gasteiger charge is 2.06. The van der Waals surface area contributed by atoms with E-state index in [4.69, 9.17) is 0 Å². The van der Waals surface area contributed by atoms with Crippen LogP contribution in [0.4, 0.5) is 11.6 Å². The third kappa shape index (κ3) is 4.62. The van der Waals surface area contributed by atoms with Crippen molar-refractivity contribution in [2.24, 2.45) is 5.92 Å². The normalized spacial score (nSPS) is 11.2. The topological polar surface area (TPSA) is 54.2 Å². The molecule has 0 spiro atoms. The molecule has 116 valence electrons. The van der Waals surface area contributed by atoms with Gasteiger partial charge in [-0.15, -0.1) is 0 Å². The molecule has 0 amide bonds. The number of hydrogen-bond acceptors (Lipinski definition) is 4. The van der Waals surface area contributed by atoms with E-state index in [0.717, 1.165) is 29.7 Å². The zero-order chi connectivity index (χ0) is 15.1. The molecule has 0 radical (unpaired) electrons. The molecule has 0 atom stereocenters. The van der Waals surface area contributed by atoms with Gasteiger partial charge in [0.15, 0.2) is 11.5 Å². The molecule has 0 unspecified atom stereocenters. The van der Waals surface area contributed by atoms with Crippen molar-refractivity contribution in [3.8, 4) is 0 Å². The fourth-order valence-electron chi connectivity index (χ4n) is 2.41. The summed E-state index contributed by atoms with van der Waals surface area (Å²) >= 11 is 0. The number of rotatable bonds is 9. The Morgan fingerprint density at radius 1 is 1.19 bits per heavy atom. The molecule has 2 rings (SSSR count). The zero-order valence-corrected chi connectivity index (χ0v) is 13.4. The molecule has 0 aliphatic heterocycles. The minimum Gasteiger partial charge on any atom is -0.372 e. The van der Waals surface area contributed by atoms with Gasteiger partial charge in [-0.1, -0.05) is 39.5 Å². The predicted octanol–water partition coefficient (Wildman–Crippen LogP) is 3.79. The molecule has 0 aliphatic carbocycles. The molecular formula is C16H27N5. The van der Waals surface area contributed by atoms with E-state index in [0.29, 0.717) is 0 Å². The van der Waals surface area contributed by atoms with Gasteiger partial charge >= 0.3 is 0 Å². The number of imidazole rings is 1. The Balaban J connectivity index is 1.79. The van der Waals surface area contributed by atoms with Crippen molar-refractivity contribution in [3.63, 3.8) is 0 Å². The minimum atomic E-state index is 0.824. The lowest BCUT2D eigenvalue weighted by molar-refractivity contribution is 0.523. The monoisotopic (exact) mass is 289 g/mol. The standard InChI is InChI=1S/C16H27N5/c1-13(2)8-6-4-5-7-9-18-15-16-19-10-11-21(16)12-14(17-3)20-15/h10-13,17H,4-9H2,1-3H3,(H,18,20). The molecule has 0 bridgehead atoms. The van der Waals surface area contributed by atoms with Crippen molar-refractivity contribution in [3.05, 3.63) is 18.6 Å². The summed E-state index contributed by atoms with van der Waals surface area (Å²) in [5.74, 6) is 2.53. The van der Waals surface area contributed by atoms with Crippen LogP contribution in [-0.2, 0) is 0 Å². The number of nitrogens with zero attached hydrogens (tertiary/aromatic N) is 3. The molecule has 2 heterocycles. The SMILES string of the molecule is CNc1cn2ccnc2c(NCCCCCCC(C)C)n1. The van der Waals surface area contributed by atoms with Crippen LogP contribution in [0.25, 0.3) is 5.65 Å². The van der Waals surface area contributed by atoms with Gasteiger partial charge in [-0.2, -0.15) is 0 Å². The van der Waals surface area contributed by atoms with E-state index in [-0.39, 0.29) is 0 Å². The lowest BCUT2D eigenvalue weighted by Crippen LogP contribution is -2.07. The van der Waals surface area contributed by atoms with Crippen molar-refractivity contribution < 1.29 is 0 Å². The first kappa shape index (κ1) is 15.6. The maximum atomic E-state index is 4.54. The van der Waals surface area contributed by atoms with Gasteiger partial charge in [0.05, 0.1) is 6.20 Å². The Kier molecular flexibility index (Phi) is 5.84. The van der Waals surface area contributed by atoms with Gasteiger partial charge in [-0.3, -0.25) is 0 Å². The molecule has 2 aromatic rings. The van der Waals surface area contributed by atoms with Crippen LogP contribution >= 0.6 is 0 Å². The minimum absolute atomic E-state index is 0.824. The van der Waals surface area contributed by atoms with Crippen molar-refractivity contribution in [1.29, 1.82) is 0 Å². The number of aromatic nitrogens is 3. The summed E-state index contributed by atoms with van der Waals surface area (Å²) < 4.78 is 1.99. The zero-order valence-electron chi connectivity index (χ0n) is 13.4. The molecule has 0 saturated carbocycles. The van der Waals surface area contributed by atoms with Crippen LogP contribution in [0.5, 0.6) is 0 Å². The van der Waals surface area contributed by atoms with Crippen molar-refractivity contribution in [2.45, 2.75) is 46.0 Å². The Morgan fingerprint density at radius 2 is 2.00 bits per heavy atom. The average Bonchev–Trinajstić information content (AvgIpc) is 2.94. The summed E-state index contributed by atoms with van der Waals surface area (Å²) in [5.41, 5.74) is 0.883. The van der Waals surface area contributed by atoms with Crippen LogP contribution in [0.2, 0.25) is 0 Å². The number of anilines is 2. The average molecular weight is 289 g/mol. The summed E-state index contributed by atoms with van der Waals surface area (Å²) in [6.07, 6.45) is 12.1. The molecule has 2 N–H and O–H groups in total. The van der Waals surface area contributed by atoms with Crippen LogP contribution in [-0.4, -0.2) is 28.0 Å². The van der Waals surface area contributed by atoms with E-state index in [1.54, 1.807) is 6.20 Å². The highest BCUT2D eigenvalue weighted by Crippen LogP contribution is 2.16. The number of nitrogens with one attached hydrogen (secondary N) is 2. The summed E-state index contributed by atoms with van der Waals surface area (Å²) in [6, 6.07) is 0. The first-order chi connectivity index (χ1) is 10.2. The van der Waals surface area contributed by atoms with E-state index in [1.165, 1.54) is 32.1 Å². The molecule has 5 nitrogen and oxygen atoms in total. The number of hydrogen-bond donors (Lipinski definition) is 2. The Hall–Kier alpha value is -1.78. The lowest BCUT2D eigenvalue weighted by Gasteiger charge is -2.09. The molecule has 5 heteroatoms. The summed E-state index contributed by atoms with van der Waals surface area (Å²) in [6.45, 7) is 5.53. The van der Waals surface area contributed by atoms with Crippen molar-refractivity contribution >= 4 is 17.3 Å². The van der Waals surface area contributed by atoms with E-state index < -0.39 is 0 Å². The van der Waals surface area contributed by atoms with Gasteiger partial charge in [0.25, 0.3) is 0 Å². The van der Waals surface area contributed by atoms with Crippen LogP contribution in [0.3, 0.4) is 0 Å². The maximum absolute atomic E-state index is 4.54. The highest BCUT2D eigenvalue weighted by atomic mass is 15.1.